The summed E-state index contributed by atoms with van der Waals surface area (Å²) in [6.45, 7) is 3.26. The third-order valence-electron chi connectivity index (χ3n) is 6.20. The molecule has 7 heteroatoms. The van der Waals surface area contributed by atoms with Gasteiger partial charge in [-0.25, -0.2) is 4.68 Å². The van der Waals surface area contributed by atoms with Crippen LogP contribution in [-0.4, -0.2) is 26.8 Å². The van der Waals surface area contributed by atoms with E-state index < -0.39 is 11.4 Å². The second kappa shape index (κ2) is 10.3. The summed E-state index contributed by atoms with van der Waals surface area (Å²) in [7, 11) is 0. The number of carbonyl (C=O) groups is 2. The summed E-state index contributed by atoms with van der Waals surface area (Å²) in [6.07, 6.45) is 2.19. The van der Waals surface area contributed by atoms with Gasteiger partial charge in [-0.3, -0.25) is 9.59 Å². The number of hydrogen-bond acceptors (Lipinski definition) is 4. The molecule has 1 amide bonds. The Morgan fingerprint density at radius 3 is 2.33 bits per heavy atom. The first-order valence-corrected chi connectivity index (χ1v) is 11.6. The number of carboxylic acid groups (broad SMARTS) is 1. The fourth-order valence-corrected chi connectivity index (χ4v) is 3.91. The monoisotopic (exact) mass is 478 g/mol. The molecule has 0 aliphatic carbocycles. The molecule has 0 bridgehead atoms. The van der Waals surface area contributed by atoms with Gasteiger partial charge in [-0.15, -0.1) is 0 Å². The fraction of sp³-hybridized carbons (Fsp3) is 0.172. The molecule has 36 heavy (non-hydrogen) atoms. The lowest BCUT2D eigenvalue weighted by Crippen LogP contribution is -2.28. The summed E-state index contributed by atoms with van der Waals surface area (Å²) in [6, 6.07) is 26.8. The Balaban J connectivity index is 1.77. The van der Waals surface area contributed by atoms with Crippen LogP contribution in [0.5, 0.6) is 0 Å². The number of carbonyl (C=O) groups excluding carboxylic acids is 1. The quantitative estimate of drug-likeness (QED) is 0.355. The van der Waals surface area contributed by atoms with E-state index in [9.17, 15) is 20.0 Å². The predicted octanol–water partition coefficient (Wildman–Crippen LogP) is 5.34. The number of nitriles is 1. The second-order valence-electron chi connectivity index (χ2n) is 8.99. The number of carboxylic acids is 1. The van der Waals surface area contributed by atoms with Gasteiger partial charge in [0.25, 0.3) is 0 Å². The highest BCUT2D eigenvalue weighted by molar-refractivity contribution is 5.92. The van der Waals surface area contributed by atoms with Gasteiger partial charge in [0.05, 0.1) is 17.3 Å². The number of aliphatic carboxylic acids is 1. The maximum Gasteiger partial charge on any atom is 0.313 e. The van der Waals surface area contributed by atoms with Crippen molar-refractivity contribution < 1.29 is 14.7 Å². The van der Waals surface area contributed by atoms with Gasteiger partial charge in [0, 0.05) is 12.0 Å². The molecule has 1 heterocycles. The number of aromatic nitrogens is 2. The van der Waals surface area contributed by atoms with Gasteiger partial charge in [-0.1, -0.05) is 72.8 Å². The molecule has 4 rings (SSSR count). The molecule has 7 nitrogen and oxygen atoms in total. The smallest absolute Gasteiger partial charge is 0.313 e. The van der Waals surface area contributed by atoms with Crippen LogP contribution in [-0.2, 0) is 21.4 Å². The molecular weight excluding hydrogens is 452 g/mol. The van der Waals surface area contributed by atoms with Crippen molar-refractivity contribution >= 4 is 17.7 Å². The second-order valence-corrected chi connectivity index (χ2v) is 8.99. The Hall–Kier alpha value is -4.70. The van der Waals surface area contributed by atoms with E-state index in [2.05, 4.69) is 16.5 Å². The van der Waals surface area contributed by atoms with E-state index in [0.29, 0.717) is 17.7 Å². The summed E-state index contributed by atoms with van der Waals surface area (Å²) in [5.74, 6) is -0.966. The van der Waals surface area contributed by atoms with Crippen LogP contribution in [0.4, 0.5) is 5.82 Å². The van der Waals surface area contributed by atoms with Crippen LogP contribution in [0.3, 0.4) is 0 Å². The van der Waals surface area contributed by atoms with E-state index >= 15 is 0 Å². The molecule has 4 aromatic rings. The van der Waals surface area contributed by atoms with Crippen molar-refractivity contribution in [3.63, 3.8) is 0 Å². The molecule has 0 unspecified atom stereocenters. The van der Waals surface area contributed by atoms with E-state index in [-0.39, 0.29) is 23.7 Å². The minimum Gasteiger partial charge on any atom is -0.481 e. The number of nitrogens with one attached hydrogen (secondary N) is 1. The topological polar surface area (TPSA) is 108 Å². The number of anilines is 1. The number of amides is 1. The molecule has 0 radical (unpaired) electrons. The van der Waals surface area contributed by atoms with E-state index in [1.165, 1.54) is 10.9 Å². The van der Waals surface area contributed by atoms with Crippen LogP contribution >= 0.6 is 0 Å². The normalized spacial score (nSPS) is 11.0. The molecular formula is C29H26N4O3. The number of rotatable bonds is 8. The first-order chi connectivity index (χ1) is 17.3. The Bertz CT molecular complexity index is 1430. The minimum absolute atomic E-state index is 0.213. The van der Waals surface area contributed by atoms with Crippen molar-refractivity contribution in [2.24, 2.45) is 0 Å². The molecule has 3 aromatic carbocycles. The highest BCUT2D eigenvalue weighted by Gasteiger charge is 2.31. The molecule has 0 spiro atoms. The largest absolute Gasteiger partial charge is 0.481 e. The van der Waals surface area contributed by atoms with Crippen LogP contribution in [0.15, 0.2) is 85.1 Å². The Kier molecular flexibility index (Phi) is 6.98. The van der Waals surface area contributed by atoms with Crippen LogP contribution in [0.2, 0.25) is 0 Å². The van der Waals surface area contributed by atoms with Gasteiger partial charge in [0.2, 0.25) is 5.91 Å². The predicted molar refractivity (Wildman–Crippen MR) is 138 cm³/mol. The van der Waals surface area contributed by atoms with Crippen molar-refractivity contribution in [3.05, 3.63) is 102 Å². The van der Waals surface area contributed by atoms with Crippen LogP contribution in [0.25, 0.3) is 16.8 Å². The summed E-state index contributed by atoms with van der Waals surface area (Å²) >= 11 is 0. The zero-order valence-electron chi connectivity index (χ0n) is 20.1. The van der Waals surface area contributed by atoms with Crippen LogP contribution in [0, 0.1) is 11.3 Å². The number of nitrogens with zero attached hydrogens (tertiary/aromatic N) is 3. The van der Waals surface area contributed by atoms with E-state index in [1.807, 2.05) is 66.7 Å². The lowest BCUT2D eigenvalue weighted by Gasteiger charge is -2.22. The molecule has 0 saturated carbocycles. The molecule has 2 N–H and O–H groups in total. The van der Waals surface area contributed by atoms with Gasteiger partial charge >= 0.3 is 5.97 Å². The molecule has 180 valence electrons. The Morgan fingerprint density at radius 2 is 1.69 bits per heavy atom. The SMILES string of the molecule is CC(C)(C(=O)O)c1ccc(-c2ccccc2)c(-n2ncc(C#N)c2NC(=O)CCc2ccccc2)c1. The van der Waals surface area contributed by atoms with Crippen molar-refractivity contribution in [1.82, 2.24) is 9.78 Å². The molecule has 0 aliphatic heterocycles. The number of benzene rings is 3. The summed E-state index contributed by atoms with van der Waals surface area (Å²) in [5, 5.41) is 26.8. The van der Waals surface area contributed by atoms with Gasteiger partial charge in [0.1, 0.15) is 11.6 Å². The lowest BCUT2D eigenvalue weighted by atomic mass is 9.83. The van der Waals surface area contributed by atoms with Crippen LogP contribution < -0.4 is 5.32 Å². The molecule has 0 aliphatic rings. The first-order valence-electron chi connectivity index (χ1n) is 11.6. The minimum atomic E-state index is -1.16. The van der Waals surface area contributed by atoms with E-state index in [0.717, 1.165) is 16.7 Å². The molecule has 1 aromatic heterocycles. The fourth-order valence-electron chi connectivity index (χ4n) is 3.91. The first kappa shape index (κ1) is 24.4. The molecule has 0 saturated heterocycles. The molecule has 0 atom stereocenters. The average Bonchev–Trinajstić information content (AvgIpc) is 3.30. The maximum atomic E-state index is 12.9. The summed E-state index contributed by atoms with van der Waals surface area (Å²) in [5.41, 5.74) is 2.90. The zero-order valence-corrected chi connectivity index (χ0v) is 20.1. The highest BCUT2D eigenvalue weighted by Crippen LogP contribution is 2.34. The maximum absolute atomic E-state index is 12.9. The zero-order chi connectivity index (χ0) is 25.7. The van der Waals surface area contributed by atoms with Gasteiger partial charge in [0.15, 0.2) is 5.82 Å². The lowest BCUT2D eigenvalue weighted by molar-refractivity contribution is -0.142. The van der Waals surface area contributed by atoms with E-state index in [1.54, 1.807) is 26.0 Å². The summed E-state index contributed by atoms with van der Waals surface area (Å²) in [4.78, 5) is 24.8. The third-order valence-corrected chi connectivity index (χ3v) is 6.20. The Morgan fingerprint density at radius 1 is 1.03 bits per heavy atom. The van der Waals surface area contributed by atoms with Crippen molar-refractivity contribution in [3.8, 4) is 22.9 Å². The average molecular weight is 479 g/mol. The number of aryl methyl sites for hydroxylation is 1. The standard InChI is InChI=1S/C29H26N4O3/c1-29(2,28(35)36)23-14-15-24(21-11-7-4-8-12-21)25(17-23)33-27(22(18-30)19-31-33)32-26(34)16-13-20-9-5-3-6-10-20/h3-12,14-15,17,19H,13,16H2,1-2H3,(H,32,34)(H,35,36). The van der Waals surface area contributed by atoms with Crippen LogP contribution in [0.1, 0.15) is 37.0 Å². The van der Waals surface area contributed by atoms with E-state index in [4.69, 9.17) is 0 Å². The third kappa shape index (κ3) is 5.03. The van der Waals surface area contributed by atoms with Crippen molar-refractivity contribution in [2.45, 2.75) is 32.1 Å². The van der Waals surface area contributed by atoms with Gasteiger partial charge in [-0.2, -0.15) is 10.4 Å². The molecule has 0 fully saturated rings. The van der Waals surface area contributed by atoms with Gasteiger partial charge < -0.3 is 10.4 Å². The van der Waals surface area contributed by atoms with Crippen molar-refractivity contribution in [1.29, 1.82) is 5.26 Å². The summed E-state index contributed by atoms with van der Waals surface area (Å²) < 4.78 is 1.50. The Labute approximate surface area is 209 Å². The highest BCUT2D eigenvalue weighted by atomic mass is 16.4. The number of hydrogen-bond donors (Lipinski definition) is 2. The van der Waals surface area contributed by atoms with Gasteiger partial charge in [-0.05, 0) is 43.0 Å². The van der Waals surface area contributed by atoms with Crippen molar-refractivity contribution in [2.75, 3.05) is 5.32 Å².